The first kappa shape index (κ1) is 18.9. The first-order valence-corrected chi connectivity index (χ1v) is 9.70. The van der Waals surface area contributed by atoms with Crippen molar-refractivity contribution in [1.82, 2.24) is 19.8 Å². The van der Waals surface area contributed by atoms with E-state index in [1.165, 1.54) is 0 Å². The van der Waals surface area contributed by atoms with Gasteiger partial charge in [-0.3, -0.25) is 9.69 Å². The molecule has 0 bridgehead atoms. The van der Waals surface area contributed by atoms with Crippen LogP contribution in [0.25, 0.3) is 0 Å². The quantitative estimate of drug-likeness (QED) is 0.843. The maximum Gasteiger partial charge on any atom is 0.269 e. The zero-order chi connectivity index (χ0) is 18.5. The molecule has 0 saturated carbocycles. The van der Waals surface area contributed by atoms with Crippen molar-refractivity contribution in [3.63, 3.8) is 0 Å². The molecule has 2 aromatic rings. The van der Waals surface area contributed by atoms with Crippen molar-refractivity contribution < 1.29 is 4.79 Å². The molecular formula is C20H27ClN4O. The Morgan fingerprint density at radius 2 is 2.08 bits per heavy atom. The number of rotatable bonds is 6. The lowest BCUT2D eigenvalue weighted by molar-refractivity contribution is 0.0942. The maximum atomic E-state index is 12.5. The van der Waals surface area contributed by atoms with E-state index in [1.807, 2.05) is 18.2 Å². The Hall–Kier alpha value is -1.85. The summed E-state index contributed by atoms with van der Waals surface area (Å²) in [6.45, 7) is 8.40. The second kappa shape index (κ2) is 8.69. The van der Waals surface area contributed by atoms with Gasteiger partial charge in [-0.2, -0.15) is 0 Å². The van der Waals surface area contributed by atoms with Crippen molar-refractivity contribution in [2.24, 2.45) is 5.92 Å². The van der Waals surface area contributed by atoms with Crippen LogP contribution in [0.1, 0.15) is 42.1 Å². The molecular weight excluding hydrogens is 348 g/mol. The summed E-state index contributed by atoms with van der Waals surface area (Å²) in [5.41, 5.74) is 1.81. The zero-order valence-corrected chi connectivity index (χ0v) is 16.3. The first-order chi connectivity index (χ1) is 12.5. The molecule has 1 N–H and O–H groups in total. The van der Waals surface area contributed by atoms with Gasteiger partial charge < -0.3 is 9.88 Å². The number of carbonyl (C=O) groups excluding carboxylic acids is 1. The standard InChI is InChI=1S/C20H27ClN4O/c1-15(2)7-9-22-20(26)18-13-23-19-8-10-24(11-12-25(18)19)14-16-5-3-4-6-17(16)21/h3-6,13,15H,7-12,14H2,1-2H3,(H,22,26). The van der Waals surface area contributed by atoms with Gasteiger partial charge in [0.05, 0.1) is 6.20 Å². The summed E-state index contributed by atoms with van der Waals surface area (Å²) in [6, 6.07) is 7.97. The van der Waals surface area contributed by atoms with E-state index < -0.39 is 0 Å². The summed E-state index contributed by atoms with van der Waals surface area (Å²) in [4.78, 5) is 19.3. The van der Waals surface area contributed by atoms with Gasteiger partial charge in [0, 0.05) is 44.2 Å². The second-order valence-electron chi connectivity index (χ2n) is 7.27. The van der Waals surface area contributed by atoms with Gasteiger partial charge in [-0.15, -0.1) is 0 Å². The summed E-state index contributed by atoms with van der Waals surface area (Å²) in [5.74, 6) is 1.54. The number of benzene rings is 1. The molecule has 1 aliphatic rings. The lowest BCUT2D eigenvalue weighted by Crippen LogP contribution is -2.29. The van der Waals surface area contributed by atoms with E-state index in [9.17, 15) is 4.79 Å². The Bertz CT molecular complexity index is 756. The molecule has 1 amide bonds. The number of nitrogens with zero attached hydrogens (tertiary/aromatic N) is 3. The lowest BCUT2D eigenvalue weighted by Gasteiger charge is -2.20. The second-order valence-corrected chi connectivity index (χ2v) is 7.67. The van der Waals surface area contributed by atoms with Crippen LogP contribution in [0.2, 0.25) is 5.02 Å². The van der Waals surface area contributed by atoms with E-state index in [0.717, 1.165) is 55.4 Å². The third-order valence-corrected chi connectivity index (χ3v) is 5.19. The van der Waals surface area contributed by atoms with E-state index in [0.29, 0.717) is 18.2 Å². The molecule has 2 heterocycles. The van der Waals surface area contributed by atoms with Gasteiger partial charge in [-0.1, -0.05) is 43.6 Å². The molecule has 0 fully saturated rings. The Labute approximate surface area is 160 Å². The molecule has 140 valence electrons. The third-order valence-electron chi connectivity index (χ3n) is 4.82. The van der Waals surface area contributed by atoms with E-state index in [1.54, 1.807) is 6.20 Å². The normalized spacial score (nSPS) is 14.9. The summed E-state index contributed by atoms with van der Waals surface area (Å²) in [5, 5.41) is 3.82. The molecule has 1 aliphatic heterocycles. The van der Waals surface area contributed by atoms with Gasteiger partial charge in [-0.25, -0.2) is 4.98 Å². The smallest absolute Gasteiger partial charge is 0.269 e. The number of carbonyl (C=O) groups is 1. The van der Waals surface area contributed by atoms with Crippen molar-refractivity contribution >= 4 is 17.5 Å². The molecule has 0 unspecified atom stereocenters. The van der Waals surface area contributed by atoms with Crippen LogP contribution in [0.5, 0.6) is 0 Å². The molecule has 5 nitrogen and oxygen atoms in total. The predicted molar refractivity (Wildman–Crippen MR) is 104 cm³/mol. The highest BCUT2D eigenvalue weighted by Crippen LogP contribution is 2.19. The van der Waals surface area contributed by atoms with E-state index in [4.69, 9.17) is 11.6 Å². The zero-order valence-electron chi connectivity index (χ0n) is 15.5. The average molecular weight is 375 g/mol. The van der Waals surface area contributed by atoms with Crippen LogP contribution in [-0.2, 0) is 19.5 Å². The third kappa shape index (κ3) is 4.65. The highest BCUT2D eigenvalue weighted by Gasteiger charge is 2.21. The molecule has 3 rings (SSSR count). The molecule has 1 aromatic heterocycles. The number of imidazole rings is 1. The average Bonchev–Trinajstić information content (AvgIpc) is 2.91. The van der Waals surface area contributed by atoms with Gasteiger partial charge in [0.1, 0.15) is 11.5 Å². The largest absolute Gasteiger partial charge is 0.351 e. The van der Waals surface area contributed by atoms with Crippen molar-refractivity contribution in [1.29, 1.82) is 0 Å². The molecule has 26 heavy (non-hydrogen) atoms. The van der Waals surface area contributed by atoms with E-state index in [-0.39, 0.29) is 5.91 Å². The first-order valence-electron chi connectivity index (χ1n) is 9.33. The van der Waals surface area contributed by atoms with Crippen LogP contribution in [0, 0.1) is 5.92 Å². The summed E-state index contributed by atoms with van der Waals surface area (Å²) in [7, 11) is 0. The van der Waals surface area contributed by atoms with Crippen LogP contribution in [-0.4, -0.2) is 40.0 Å². The van der Waals surface area contributed by atoms with Gasteiger partial charge in [0.2, 0.25) is 0 Å². The van der Waals surface area contributed by atoms with Gasteiger partial charge in [0.25, 0.3) is 5.91 Å². The number of hydrogen-bond acceptors (Lipinski definition) is 3. The van der Waals surface area contributed by atoms with Crippen molar-refractivity contribution in [3.05, 3.63) is 52.6 Å². The van der Waals surface area contributed by atoms with Crippen LogP contribution < -0.4 is 5.32 Å². The molecule has 1 aromatic carbocycles. The van der Waals surface area contributed by atoms with Crippen LogP contribution in [0.4, 0.5) is 0 Å². The molecule has 0 atom stereocenters. The minimum atomic E-state index is -0.0241. The summed E-state index contributed by atoms with van der Waals surface area (Å²) >= 11 is 6.29. The molecule has 6 heteroatoms. The topological polar surface area (TPSA) is 50.2 Å². The molecule has 0 spiro atoms. The van der Waals surface area contributed by atoms with Crippen molar-refractivity contribution in [2.45, 2.75) is 39.8 Å². The SMILES string of the molecule is CC(C)CCNC(=O)c1cnc2n1CCN(Cc1ccccc1Cl)CC2. The Balaban J connectivity index is 1.62. The van der Waals surface area contributed by atoms with Gasteiger partial charge in [-0.05, 0) is 24.0 Å². The number of hydrogen-bond donors (Lipinski definition) is 1. The predicted octanol–water partition coefficient (Wildman–Crippen LogP) is 3.37. The number of fused-ring (bicyclic) bond motifs is 1. The summed E-state index contributed by atoms with van der Waals surface area (Å²) in [6.07, 6.45) is 3.53. The minimum absolute atomic E-state index is 0.0241. The van der Waals surface area contributed by atoms with Gasteiger partial charge in [0.15, 0.2) is 0 Å². The fourth-order valence-electron chi connectivity index (χ4n) is 3.25. The highest BCUT2D eigenvalue weighted by molar-refractivity contribution is 6.31. The van der Waals surface area contributed by atoms with Crippen molar-refractivity contribution in [3.8, 4) is 0 Å². The Morgan fingerprint density at radius 3 is 2.85 bits per heavy atom. The maximum absolute atomic E-state index is 12.5. The van der Waals surface area contributed by atoms with Crippen LogP contribution >= 0.6 is 11.6 Å². The monoisotopic (exact) mass is 374 g/mol. The Morgan fingerprint density at radius 1 is 1.27 bits per heavy atom. The van der Waals surface area contributed by atoms with E-state index in [2.05, 4.69) is 39.7 Å². The fourth-order valence-corrected chi connectivity index (χ4v) is 3.44. The summed E-state index contributed by atoms with van der Waals surface area (Å²) < 4.78 is 2.07. The molecule has 0 saturated heterocycles. The molecule has 0 radical (unpaired) electrons. The Kier molecular flexibility index (Phi) is 6.33. The number of nitrogens with one attached hydrogen (secondary N) is 1. The van der Waals surface area contributed by atoms with Crippen LogP contribution in [0.3, 0.4) is 0 Å². The van der Waals surface area contributed by atoms with Crippen LogP contribution in [0.15, 0.2) is 30.5 Å². The fraction of sp³-hybridized carbons (Fsp3) is 0.500. The van der Waals surface area contributed by atoms with Gasteiger partial charge >= 0.3 is 0 Å². The van der Waals surface area contributed by atoms with E-state index >= 15 is 0 Å². The number of halogens is 1. The lowest BCUT2D eigenvalue weighted by atomic mass is 10.1. The molecule has 0 aliphatic carbocycles. The number of amides is 1. The minimum Gasteiger partial charge on any atom is -0.351 e. The van der Waals surface area contributed by atoms with Crippen molar-refractivity contribution in [2.75, 3.05) is 19.6 Å². The number of aromatic nitrogens is 2. The highest BCUT2D eigenvalue weighted by atomic mass is 35.5.